The predicted octanol–water partition coefficient (Wildman–Crippen LogP) is 4.76. The minimum atomic E-state index is -1.13. The van der Waals surface area contributed by atoms with Gasteiger partial charge in [0.2, 0.25) is 6.10 Å². The van der Waals surface area contributed by atoms with E-state index in [1.54, 1.807) is 53.9 Å². The standard InChI is InChI=1S/C20H15ClFNO3S/c21-15-7-5-14(6-8-15)18(26-20(25)17-2-1-11-27-17)19(24)23-12-13-3-9-16(22)10-4-13/h1-11,18H,12H2,(H,23,24)/t18-/m0/s1. The van der Waals surface area contributed by atoms with Crippen molar-refractivity contribution < 1.29 is 18.7 Å². The molecule has 1 heterocycles. The summed E-state index contributed by atoms with van der Waals surface area (Å²) in [6.45, 7) is 0.180. The maximum absolute atomic E-state index is 13.0. The van der Waals surface area contributed by atoms with Crippen LogP contribution in [-0.2, 0) is 16.1 Å². The van der Waals surface area contributed by atoms with Crippen LogP contribution in [-0.4, -0.2) is 11.9 Å². The molecule has 1 amide bonds. The molecule has 2 aromatic carbocycles. The van der Waals surface area contributed by atoms with E-state index < -0.39 is 18.0 Å². The number of thiophene rings is 1. The lowest BCUT2D eigenvalue weighted by atomic mass is 10.1. The van der Waals surface area contributed by atoms with Crippen LogP contribution in [0.15, 0.2) is 66.0 Å². The van der Waals surface area contributed by atoms with E-state index in [0.29, 0.717) is 15.5 Å². The SMILES string of the molecule is O=C(O[C@H](C(=O)NCc1ccc(F)cc1)c1ccc(Cl)cc1)c1cccs1. The number of carbonyl (C=O) groups is 2. The highest BCUT2D eigenvalue weighted by Gasteiger charge is 2.26. The number of esters is 1. The fourth-order valence-corrected chi connectivity index (χ4v) is 3.09. The number of amides is 1. The summed E-state index contributed by atoms with van der Waals surface area (Å²) in [5, 5.41) is 4.97. The van der Waals surface area contributed by atoms with Crippen molar-refractivity contribution >= 4 is 34.8 Å². The van der Waals surface area contributed by atoms with Crippen molar-refractivity contribution in [2.45, 2.75) is 12.6 Å². The highest BCUT2D eigenvalue weighted by Crippen LogP contribution is 2.23. The molecule has 0 aliphatic rings. The van der Waals surface area contributed by atoms with Gasteiger partial charge in [0.1, 0.15) is 10.7 Å². The van der Waals surface area contributed by atoms with Crippen LogP contribution in [0.4, 0.5) is 4.39 Å². The zero-order valence-corrected chi connectivity index (χ0v) is 15.6. The highest BCUT2D eigenvalue weighted by atomic mass is 35.5. The fourth-order valence-electron chi connectivity index (χ4n) is 2.35. The zero-order chi connectivity index (χ0) is 19.2. The summed E-state index contributed by atoms with van der Waals surface area (Å²) in [7, 11) is 0. The van der Waals surface area contributed by atoms with E-state index in [4.69, 9.17) is 16.3 Å². The lowest BCUT2D eigenvalue weighted by molar-refractivity contribution is -0.130. The van der Waals surface area contributed by atoms with E-state index in [2.05, 4.69) is 5.32 Å². The van der Waals surface area contributed by atoms with E-state index in [0.717, 1.165) is 5.56 Å². The first-order chi connectivity index (χ1) is 13.0. The lowest BCUT2D eigenvalue weighted by Crippen LogP contribution is -2.31. The number of halogens is 2. The minimum Gasteiger partial charge on any atom is -0.443 e. The maximum atomic E-state index is 13.0. The number of hydrogen-bond acceptors (Lipinski definition) is 4. The molecule has 3 rings (SSSR count). The van der Waals surface area contributed by atoms with Crippen molar-refractivity contribution in [3.63, 3.8) is 0 Å². The quantitative estimate of drug-likeness (QED) is 0.604. The molecule has 1 N–H and O–H groups in total. The number of benzene rings is 2. The van der Waals surface area contributed by atoms with Gasteiger partial charge in [-0.2, -0.15) is 0 Å². The van der Waals surface area contributed by atoms with Crippen molar-refractivity contribution in [2.24, 2.45) is 0 Å². The smallest absolute Gasteiger partial charge is 0.349 e. The number of hydrogen-bond donors (Lipinski definition) is 1. The summed E-state index contributed by atoms with van der Waals surface area (Å²) in [5.74, 6) is -1.41. The van der Waals surface area contributed by atoms with Crippen LogP contribution in [0.1, 0.15) is 26.9 Å². The Bertz CT molecular complexity index is 911. The Kier molecular flexibility index (Phi) is 6.21. The second kappa shape index (κ2) is 8.79. The molecule has 4 nitrogen and oxygen atoms in total. The van der Waals surface area contributed by atoms with Gasteiger partial charge in [-0.25, -0.2) is 9.18 Å². The summed E-state index contributed by atoms with van der Waals surface area (Å²) < 4.78 is 18.4. The van der Waals surface area contributed by atoms with E-state index in [-0.39, 0.29) is 12.4 Å². The van der Waals surface area contributed by atoms with Gasteiger partial charge in [0.15, 0.2) is 0 Å². The first-order valence-corrected chi connectivity index (χ1v) is 9.31. The van der Waals surface area contributed by atoms with Gasteiger partial charge in [0.05, 0.1) is 0 Å². The van der Waals surface area contributed by atoms with Crippen molar-refractivity contribution in [2.75, 3.05) is 0 Å². The second-order valence-electron chi connectivity index (χ2n) is 5.66. The summed E-state index contributed by atoms with van der Waals surface area (Å²) in [6.07, 6.45) is -1.13. The summed E-state index contributed by atoms with van der Waals surface area (Å²) in [6, 6.07) is 15.6. The Balaban J connectivity index is 1.75. The fraction of sp³-hybridized carbons (Fsp3) is 0.100. The number of nitrogens with one attached hydrogen (secondary N) is 1. The Labute approximate surface area is 164 Å². The van der Waals surface area contributed by atoms with Crippen molar-refractivity contribution in [3.05, 3.63) is 92.9 Å². The van der Waals surface area contributed by atoms with Crippen LogP contribution in [0.25, 0.3) is 0 Å². The van der Waals surface area contributed by atoms with Crippen LogP contribution >= 0.6 is 22.9 Å². The van der Waals surface area contributed by atoms with Crippen LogP contribution in [0.3, 0.4) is 0 Å². The summed E-state index contributed by atoms with van der Waals surface area (Å²) >= 11 is 7.13. The van der Waals surface area contributed by atoms with Crippen LogP contribution in [0.5, 0.6) is 0 Å². The molecule has 0 saturated carbocycles. The van der Waals surface area contributed by atoms with E-state index in [9.17, 15) is 14.0 Å². The highest BCUT2D eigenvalue weighted by molar-refractivity contribution is 7.11. The zero-order valence-electron chi connectivity index (χ0n) is 14.0. The molecular weight excluding hydrogens is 389 g/mol. The molecule has 0 aliphatic heterocycles. The monoisotopic (exact) mass is 403 g/mol. The predicted molar refractivity (Wildman–Crippen MR) is 102 cm³/mol. The largest absolute Gasteiger partial charge is 0.443 e. The van der Waals surface area contributed by atoms with E-state index >= 15 is 0 Å². The molecular formula is C20H15ClFNO3S. The molecule has 138 valence electrons. The van der Waals surface area contributed by atoms with Crippen LogP contribution in [0, 0.1) is 5.82 Å². The van der Waals surface area contributed by atoms with Gasteiger partial charge in [-0.1, -0.05) is 41.9 Å². The Morgan fingerprint density at radius 1 is 1.07 bits per heavy atom. The molecule has 0 saturated heterocycles. The molecule has 0 spiro atoms. The first kappa shape index (κ1) is 19.1. The first-order valence-electron chi connectivity index (χ1n) is 8.05. The second-order valence-corrected chi connectivity index (χ2v) is 7.04. The van der Waals surface area contributed by atoms with Crippen LogP contribution < -0.4 is 5.32 Å². The third-order valence-corrected chi connectivity index (χ3v) is 4.84. The molecule has 1 aromatic heterocycles. The third-order valence-electron chi connectivity index (χ3n) is 3.74. The van der Waals surface area contributed by atoms with Crippen LogP contribution in [0.2, 0.25) is 5.02 Å². The van der Waals surface area contributed by atoms with Gasteiger partial charge in [-0.3, -0.25) is 4.79 Å². The van der Waals surface area contributed by atoms with Crippen molar-refractivity contribution in [1.29, 1.82) is 0 Å². The minimum absolute atomic E-state index is 0.180. The molecule has 0 unspecified atom stereocenters. The van der Waals surface area contributed by atoms with Crippen molar-refractivity contribution in [1.82, 2.24) is 5.32 Å². The summed E-state index contributed by atoms with van der Waals surface area (Å²) in [4.78, 5) is 25.4. The molecule has 27 heavy (non-hydrogen) atoms. The molecule has 0 bridgehead atoms. The van der Waals surface area contributed by atoms with Gasteiger partial charge >= 0.3 is 5.97 Å². The molecule has 3 aromatic rings. The number of carbonyl (C=O) groups excluding carboxylic acids is 2. The Morgan fingerprint density at radius 2 is 1.78 bits per heavy atom. The molecule has 0 fully saturated rings. The van der Waals surface area contributed by atoms with E-state index in [1.807, 2.05) is 0 Å². The van der Waals surface area contributed by atoms with Gasteiger partial charge < -0.3 is 10.1 Å². The molecule has 7 heteroatoms. The average molecular weight is 404 g/mol. The summed E-state index contributed by atoms with van der Waals surface area (Å²) in [5.41, 5.74) is 1.23. The van der Waals surface area contributed by atoms with Crippen molar-refractivity contribution in [3.8, 4) is 0 Å². The molecule has 1 atom stereocenters. The Hall–Kier alpha value is -2.70. The van der Waals surface area contributed by atoms with E-state index in [1.165, 1.54) is 23.5 Å². The lowest BCUT2D eigenvalue weighted by Gasteiger charge is -2.18. The normalized spacial score (nSPS) is 11.6. The third kappa shape index (κ3) is 5.15. The maximum Gasteiger partial charge on any atom is 0.349 e. The number of ether oxygens (including phenoxy) is 1. The van der Waals surface area contributed by atoms with Gasteiger partial charge in [0, 0.05) is 17.1 Å². The molecule has 0 aliphatic carbocycles. The van der Waals surface area contributed by atoms with Gasteiger partial charge in [0.25, 0.3) is 5.91 Å². The average Bonchev–Trinajstić information content (AvgIpc) is 3.21. The Morgan fingerprint density at radius 3 is 2.41 bits per heavy atom. The van der Waals surface area contributed by atoms with Gasteiger partial charge in [-0.15, -0.1) is 11.3 Å². The number of rotatable bonds is 6. The topological polar surface area (TPSA) is 55.4 Å². The molecule has 0 radical (unpaired) electrons. The van der Waals surface area contributed by atoms with Gasteiger partial charge in [-0.05, 0) is 41.3 Å².